The van der Waals surface area contributed by atoms with Crippen molar-refractivity contribution in [3.63, 3.8) is 0 Å². The quantitative estimate of drug-likeness (QED) is 0.924. The molecule has 94 valence electrons. The number of hydrogen-bond acceptors (Lipinski definition) is 4. The minimum Gasteiger partial charge on any atom is -0.478 e. The van der Waals surface area contributed by atoms with E-state index >= 15 is 0 Å². The third-order valence-electron chi connectivity index (χ3n) is 2.17. The molecule has 1 aromatic heterocycles. The number of carbonyl (C=O) groups is 1. The van der Waals surface area contributed by atoms with Crippen molar-refractivity contribution in [2.45, 2.75) is 10.6 Å². The van der Waals surface area contributed by atoms with Gasteiger partial charge in [0.15, 0.2) is 0 Å². The number of thiazole rings is 1. The molecule has 0 amide bonds. The predicted octanol–water partition coefficient (Wildman–Crippen LogP) is 2.91. The van der Waals surface area contributed by atoms with Gasteiger partial charge in [-0.25, -0.2) is 9.78 Å². The second-order valence-electron chi connectivity index (χ2n) is 3.36. The average molecular weight is 346 g/mol. The Bertz CT molecular complexity index is 598. The van der Waals surface area contributed by atoms with Crippen molar-refractivity contribution in [1.29, 1.82) is 0 Å². The maximum atomic E-state index is 12.1. The maximum absolute atomic E-state index is 12.1. The summed E-state index contributed by atoms with van der Waals surface area (Å²) in [5, 5.41) is 11.6. The molecule has 0 saturated carbocycles. The standard InChI is InChI=1S/C11H8BrNO3S2/c12-9-2-1-7(5-8(9)11(14)15)18(16)6-10-13-3-4-17-10/h1-5H,6H2,(H,14,15). The molecule has 4 nitrogen and oxygen atoms in total. The zero-order valence-electron chi connectivity index (χ0n) is 9.00. The smallest absolute Gasteiger partial charge is 0.336 e. The number of aromatic carboxylic acids is 1. The summed E-state index contributed by atoms with van der Waals surface area (Å²) in [6.07, 6.45) is 1.65. The van der Waals surface area contributed by atoms with E-state index in [0.29, 0.717) is 15.1 Å². The summed E-state index contributed by atoms with van der Waals surface area (Å²) in [5.41, 5.74) is 0.111. The van der Waals surface area contributed by atoms with Crippen LogP contribution in [0.15, 0.2) is 39.1 Å². The molecule has 1 heterocycles. The van der Waals surface area contributed by atoms with E-state index in [1.165, 1.54) is 17.4 Å². The molecule has 1 unspecified atom stereocenters. The van der Waals surface area contributed by atoms with E-state index in [1.54, 1.807) is 18.3 Å². The maximum Gasteiger partial charge on any atom is 0.336 e. The Morgan fingerprint density at radius 3 is 2.89 bits per heavy atom. The van der Waals surface area contributed by atoms with Crippen molar-refractivity contribution in [3.8, 4) is 0 Å². The number of carboxylic acid groups (broad SMARTS) is 1. The SMILES string of the molecule is O=C(O)c1cc(S(=O)Cc2nccs2)ccc1Br. The van der Waals surface area contributed by atoms with Gasteiger partial charge in [0.05, 0.1) is 22.1 Å². The molecule has 0 aliphatic rings. The normalized spacial score (nSPS) is 12.3. The Hall–Kier alpha value is -1.05. The van der Waals surface area contributed by atoms with Crippen LogP contribution in [0.5, 0.6) is 0 Å². The number of nitrogens with zero attached hydrogens (tertiary/aromatic N) is 1. The third-order valence-corrected chi connectivity index (χ3v) is 5.14. The highest BCUT2D eigenvalue weighted by Gasteiger charge is 2.13. The summed E-state index contributed by atoms with van der Waals surface area (Å²) in [5.74, 6) is -0.742. The van der Waals surface area contributed by atoms with Gasteiger partial charge < -0.3 is 5.11 Å². The van der Waals surface area contributed by atoms with Gasteiger partial charge >= 0.3 is 5.97 Å². The van der Waals surface area contributed by atoms with Gasteiger partial charge in [0.25, 0.3) is 0 Å². The Morgan fingerprint density at radius 1 is 1.50 bits per heavy atom. The summed E-state index contributed by atoms with van der Waals surface area (Å²) in [4.78, 5) is 15.5. The second-order valence-corrected chi connectivity index (χ2v) is 6.65. The molecule has 7 heteroatoms. The van der Waals surface area contributed by atoms with Gasteiger partial charge in [-0.15, -0.1) is 11.3 Å². The van der Waals surface area contributed by atoms with E-state index in [-0.39, 0.29) is 5.56 Å². The van der Waals surface area contributed by atoms with Crippen LogP contribution in [0, 0.1) is 0 Å². The van der Waals surface area contributed by atoms with Crippen LogP contribution in [0.3, 0.4) is 0 Å². The lowest BCUT2D eigenvalue weighted by Gasteiger charge is -2.03. The predicted molar refractivity (Wildman–Crippen MR) is 73.3 cm³/mol. The molecule has 2 rings (SSSR count). The summed E-state index contributed by atoms with van der Waals surface area (Å²) in [7, 11) is -1.28. The summed E-state index contributed by atoms with van der Waals surface area (Å²) in [6, 6.07) is 4.68. The van der Waals surface area contributed by atoms with Gasteiger partial charge in [-0.1, -0.05) is 0 Å². The zero-order chi connectivity index (χ0) is 13.1. The van der Waals surface area contributed by atoms with Crippen LogP contribution in [0.1, 0.15) is 15.4 Å². The molecule has 0 bridgehead atoms. The van der Waals surface area contributed by atoms with Crippen LogP contribution in [-0.2, 0) is 16.6 Å². The van der Waals surface area contributed by atoms with Crippen LogP contribution >= 0.6 is 27.3 Å². The largest absolute Gasteiger partial charge is 0.478 e. The molecule has 0 aliphatic carbocycles. The van der Waals surface area contributed by atoms with Gasteiger partial charge in [0, 0.05) is 20.9 Å². The molecule has 0 aliphatic heterocycles. The fourth-order valence-corrected chi connectivity index (χ4v) is 3.67. The molecule has 0 spiro atoms. The van der Waals surface area contributed by atoms with Crippen molar-refractivity contribution in [2.75, 3.05) is 0 Å². The van der Waals surface area contributed by atoms with Gasteiger partial charge in [-0.3, -0.25) is 4.21 Å². The van der Waals surface area contributed by atoms with Gasteiger partial charge in [0.1, 0.15) is 5.01 Å². The van der Waals surface area contributed by atoms with E-state index in [4.69, 9.17) is 5.11 Å². The molecule has 1 aromatic carbocycles. The number of aromatic nitrogens is 1. The Balaban J connectivity index is 2.26. The highest BCUT2D eigenvalue weighted by Crippen LogP contribution is 2.22. The first-order valence-electron chi connectivity index (χ1n) is 4.87. The molecule has 0 radical (unpaired) electrons. The number of carboxylic acids is 1. The number of hydrogen-bond donors (Lipinski definition) is 1. The molecule has 0 fully saturated rings. The minimum absolute atomic E-state index is 0.111. The zero-order valence-corrected chi connectivity index (χ0v) is 12.2. The van der Waals surface area contributed by atoms with Crippen molar-refractivity contribution in [1.82, 2.24) is 4.98 Å². The summed E-state index contributed by atoms with van der Waals surface area (Å²) < 4.78 is 12.5. The molecule has 0 saturated heterocycles. The fourth-order valence-electron chi connectivity index (χ4n) is 1.33. The molecule has 1 atom stereocenters. The number of benzene rings is 1. The third kappa shape index (κ3) is 3.04. The highest BCUT2D eigenvalue weighted by molar-refractivity contribution is 9.10. The molecule has 1 N–H and O–H groups in total. The first-order valence-corrected chi connectivity index (χ1v) is 7.86. The monoisotopic (exact) mass is 345 g/mol. The Morgan fingerprint density at radius 2 is 2.28 bits per heavy atom. The van der Waals surface area contributed by atoms with Crippen molar-refractivity contribution >= 4 is 44.0 Å². The molecular formula is C11H8BrNO3S2. The van der Waals surface area contributed by atoms with Crippen molar-refractivity contribution in [2.24, 2.45) is 0 Å². The average Bonchev–Trinajstić information content (AvgIpc) is 2.81. The highest BCUT2D eigenvalue weighted by atomic mass is 79.9. The van der Waals surface area contributed by atoms with E-state index in [1.807, 2.05) is 5.38 Å². The second kappa shape index (κ2) is 5.73. The Labute approximate surface area is 118 Å². The first-order chi connectivity index (χ1) is 8.58. The minimum atomic E-state index is -1.28. The van der Waals surface area contributed by atoms with Crippen molar-refractivity contribution < 1.29 is 14.1 Å². The number of rotatable bonds is 4. The topological polar surface area (TPSA) is 67.3 Å². The lowest BCUT2D eigenvalue weighted by Crippen LogP contribution is -2.02. The molecular weight excluding hydrogens is 338 g/mol. The van der Waals surface area contributed by atoms with Crippen LogP contribution in [-0.4, -0.2) is 20.3 Å². The fraction of sp³-hybridized carbons (Fsp3) is 0.0909. The van der Waals surface area contributed by atoms with Crippen molar-refractivity contribution in [3.05, 3.63) is 44.8 Å². The van der Waals surface area contributed by atoms with E-state index in [0.717, 1.165) is 5.01 Å². The van der Waals surface area contributed by atoms with Gasteiger partial charge in [-0.05, 0) is 34.1 Å². The van der Waals surface area contributed by atoms with Crippen LogP contribution in [0.2, 0.25) is 0 Å². The van der Waals surface area contributed by atoms with Crippen LogP contribution in [0.25, 0.3) is 0 Å². The van der Waals surface area contributed by atoms with E-state index in [2.05, 4.69) is 20.9 Å². The van der Waals surface area contributed by atoms with E-state index in [9.17, 15) is 9.00 Å². The van der Waals surface area contributed by atoms with Gasteiger partial charge in [-0.2, -0.15) is 0 Å². The summed E-state index contributed by atoms with van der Waals surface area (Å²) in [6.45, 7) is 0. The lowest BCUT2D eigenvalue weighted by molar-refractivity contribution is 0.0695. The van der Waals surface area contributed by atoms with Gasteiger partial charge in [0.2, 0.25) is 0 Å². The first kappa shape index (κ1) is 13.4. The van der Waals surface area contributed by atoms with E-state index < -0.39 is 16.8 Å². The van der Waals surface area contributed by atoms with Crippen LogP contribution < -0.4 is 0 Å². The Kier molecular flexibility index (Phi) is 4.26. The van der Waals surface area contributed by atoms with Crippen LogP contribution in [0.4, 0.5) is 0 Å². The number of halogens is 1. The molecule has 2 aromatic rings. The molecule has 18 heavy (non-hydrogen) atoms. The lowest BCUT2D eigenvalue weighted by atomic mass is 10.2. The summed E-state index contributed by atoms with van der Waals surface area (Å²) >= 11 is 4.58.